The lowest BCUT2D eigenvalue weighted by Gasteiger charge is -2.24. The lowest BCUT2D eigenvalue weighted by molar-refractivity contribution is -0.903. The summed E-state index contributed by atoms with van der Waals surface area (Å²) >= 11 is 0. The Kier molecular flexibility index (Phi) is 28.3. The molecule has 34 heavy (non-hydrogen) atoms. The molecule has 0 heterocycles. The van der Waals surface area contributed by atoms with Crippen LogP contribution >= 0.6 is 0 Å². The summed E-state index contributed by atoms with van der Waals surface area (Å²) in [5.74, 6) is 0. The molecule has 0 unspecified atom stereocenters. The molecule has 0 aliphatic carbocycles. The molecule has 218 valence electrons. The van der Waals surface area contributed by atoms with E-state index in [1.54, 1.807) is 14.1 Å². The van der Waals surface area contributed by atoms with E-state index < -0.39 is 44.3 Å². The predicted octanol–water partition coefficient (Wildman–Crippen LogP) is -7.94. The molecule has 0 radical (unpaired) electrons. The molecule has 0 spiro atoms. The SMILES string of the molecule is C[N+](C)(C[18F])CCO.C[N+](C)([11CH3])CCO.[2H]C([2H])(C)C([2H])([2H])[N+](C)(C)C[18F].[2H]C([2H])(O)C[N+](C)(C)C[18F].[Cl-].[Cl-].[Cl-]. The van der Waals surface area contributed by atoms with Crippen LogP contribution in [0.4, 0.5) is 13.2 Å². The molecule has 0 saturated heterocycles. The first-order valence-corrected chi connectivity index (χ1v) is 9.91. The maximum absolute atomic E-state index is 12.4. The van der Waals surface area contributed by atoms with E-state index in [0.29, 0.717) is 6.54 Å². The highest BCUT2D eigenvalue weighted by Crippen LogP contribution is 1.97. The van der Waals surface area contributed by atoms with Crippen LogP contribution in [-0.2, 0) is 0 Å². The predicted molar refractivity (Wildman–Crippen MR) is 123 cm³/mol. The summed E-state index contributed by atoms with van der Waals surface area (Å²) in [6.45, 7) is -4.00. The Morgan fingerprint density at radius 2 is 0.912 bits per heavy atom. The third-order valence-electron chi connectivity index (χ3n) is 3.34. The summed E-state index contributed by atoms with van der Waals surface area (Å²) < 4.78 is 79.2. The first-order valence-electron chi connectivity index (χ1n) is 12.9. The molecule has 0 aromatic carbocycles. The van der Waals surface area contributed by atoms with Gasteiger partial charge in [0.2, 0.25) is 20.4 Å². The fourth-order valence-corrected chi connectivity index (χ4v) is 1.20. The maximum Gasteiger partial charge on any atom is 0.221 e. The zero-order valence-corrected chi connectivity index (χ0v) is 24.8. The van der Waals surface area contributed by atoms with E-state index in [0.717, 1.165) is 18.0 Å². The van der Waals surface area contributed by atoms with Gasteiger partial charge < -0.3 is 70.5 Å². The number of halogens is 6. The van der Waals surface area contributed by atoms with Gasteiger partial charge >= 0.3 is 0 Å². The molecular weight excluding hydrogens is 516 g/mol. The van der Waals surface area contributed by atoms with Crippen LogP contribution in [0.5, 0.6) is 0 Å². The number of hydrogen-bond acceptors (Lipinski definition) is 3. The second kappa shape index (κ2) is 28.0. The molecule has 7 nitrogen and oxygen atoms in total. The van der Waals surface area contributed by atoms with Gasteiger partial charge in [0.05, 0.1) is 95.2 Å². The van der Waals surface area contributed by atoms with Crippen LogP contribution in [0.3, 0.4) is 0 Å². The van der Waals surface area contributed by atoms with E-state index in [4.69, 9.17) is 23.5 Å². The summed E-state index contributed by atoms with van der Waals surface area (Å²) in [6.07, 6.45) is -2.05. The molecule has 0 saturated carbocycles. The molecule has 0 aromatic rings. The first-order chi connectivity index (χ1) is 16.0. The minimum Gasteiger partial charge on any atom is -1.00 e. The van der Waals surface area contributed by atoms with Gasteiger partial charge in [-0.2, -0.15) is 13.2 Å². The Balaban J connectivity index is -0.0000000722. The standard InChI is InChI=1S/C6H15FN.2C5H13FNO.C5H14NO.3ClH/c1-4-5-8(2,3)6-7;2*1-7(2,5-6)3-4-8;1-6(2,3)4-5-7;;;/h4-6H2,1-3H3;2*8H,3-5H2,1-2H3;7H,4-5H2,1-3H3;3*1H/q4*+1;;;/p-3/i4D2,5D2,7-1;4D2,6-1;6-1;1-1;;;. The van der Waals surface area contributed by atoms with Crippen LogP contribution in [0.15, 0.2) is 0 Å². The van der Waals surface area contributed by atoms with Crippen molar-refractivity contribution < 1.29 is 91.9 Å². The van der Waals surface area contributed by atoms with Crippen LogP contribution in [0.2, 0.25) is 0 Å². The average molecular weight is 577 g/mol. The summed E-state index contributed by atoms with van der Waals surface area (Å²) in [4.78, 5) is 0. The summed E-state index contributed by atoms with van der Waals surface area (Å²) in [6, 6.07) is 0. The Morgan fingerprint density at radius 1 is 0.588 bits per heavy atom. The molecule has 0 bridgehead atoms. The van der Waals surface area contributed by atoms with Crippen LogP contribution < -0.4 is 37.2 Å². The number of likely N-dealkylation sites (N-methyl/N-ethyl adjacent to an activating group) is 3. The van der Waals surface area contributed by atoms with Gasteiger partial charge in [0.25, 0.3) is 0 Å². The highest BCUT2D eigenvalue weighted by molar-refractivity contribution is 4.23. The highest BCUT2D eigenvalue weighted by Gasteiger charge is 2.12. The van der Waals surface area contributed by atoms with E-state index in [2.05, 4.69) is 21.1 Å². The lowest BCUT2D eigenvalue weighted by atomic mass is 10.3. The van der Waals surface area contributed by atoms with Crippen molar-refractivity contribution in [3.63, 3.8) is 0 Å². The Bertz CT molecular complexity index is 603. The van der Waals surface area contributed by atoms with Gasteiger partial charge in [-0.3, -0.25) is 0 Å². The molecule has 0 atom stereocenters. The third kappa shape index (κ3) is 49.5. The van der Waals surface area contributed by atoms with Gasteiger partial charge in [-0.05, 0) is 6.37 Å². The second-order valence-corrected chi connectivity index (χ2v) is 9.78. The summed E-state index contributed by atoms with van der Waals surface area (Å²) in [5.41, 5.74) is 0. The van der Waals surface area contributed by atoms with Crippen molar-refractivity contribution in [1.29, 1.82) is 0 Å². The molecule has 0 rings (SSSR count). The van der Waals surface area contributed by atoms with E-state index in [9.17, 15) is 13.2 Å². The van der Waals surface area contributed by atoms with Crippen molar-refractivity contribution in [1.82, 2.24) is 0 Å². The minimum absolute atomic E-state index is 0. The van der Waals surface area contributed by atoms with Gasteiger partial charge in [-0.1, -0.05) is 6.92 Å². The maximum atomic E-state index is 12.4. The van der Waals surface area contributed by atoms with Crippen LogP contribution in [0, 0.1) is 0 Å². The van der Waals surface area contributed by atoms with E-state index >= 15 is 0 Å². The largest absolute Gasteiger partial charge is 1.00 e. The number of aliphatic hydroxyl groups excluding tert-OH is 2. The smallest absolute Gasteiger partial charge is 0.221 e. The zero-order chi connectivity index (χ0) is 31.2. The number of hydrogen-bond donors (Lipinski definition) is 3. The minimum atomic E-state index is -2.28. The molecule has 0 aliphatic heterocycles. The van der Waals surface area contributed by atoms with Gasteiger partial charge in [0.15, 0.2) is 0 Å². The van der Waals surface area contributed by atoms with Crippen LogP contribution in [-0.4, -0.2) is 163 Å². The van der Waals surface area contributed by atoms with Gasteiger partial charge in [0.1, 0.15) is 19.6 Å². The van der Waals surface area contributed by atoms with Crippen molar-refractivity contribution >= 4 is 0 Å². The number of alkyl halides is 3. The average Bonchev–Trinajstić information content (AvgIpc) is 2.66. The van der Waals surface area contributed by atoms with Gasteiger partial charge in [-0.15, -0.1) is 0 Å². The summed E-state index contributed by atoms with van der Waals surface area (Å²) in [7, 11) is 15.3. The number of rotatable bonds is 11. The molecule has 0 aromatic heterocycles. The van der Waals surface area contributed by atoms with E-state index in [1.807, 2.05) is 0 Å². The van der Waals surface area contributed by atoms with Crippen molar-refractivity contribution in [2.24, 2.45) is 0 Å². The zero-order valence-electron chi connectivity index (χ0n) is 28.6. The van der Waals surface area contributed by atoms with Crippen LogP contribution in [0.25, 0.3) is 0 Å². The second-order valence-electron chi connectivity index (χ2n) is 9.78. The third-order valence-corrected chi connectivity index (χ3v) is 3.34. The molecule has 13 heteroatoms. The van der Waals surface area contributed by atoms with Crippen molar-refractivity contribution in [2.75, 3.05) is 130 Å². The highest BCUT2D eigenvalue weighted by atomic mass is 35.5. The quantitative estimate of drug-likeness (QED) is 0.169. The molecular formula is C21H55Cl3F3N4O3+. The Hall–Kier alpha value is 0.380. The molecule has 3 N–H and O–H groups in total. The number of nitrogens with zero attached hydrogens (tertiary/aromatic N) is 4. The topological polar surface area (TPSA) is 60.7 Å². The van der Waals surface area contributed by atoms with Crippen LogP contribution in [0.1, 0.15) is 21.5 Å². The molecule has 0 amide bonds. The number of aliphatic hydroxyl groups is 3. The fourth-order valence-electron chi connectivity index (χ4n) is 1.20. The molecule has 0 aliphatic rings. The Morgan fingerprint density at radius 3 is 1.00 bits per heavy atom. The fraction of sp³-hybridized carbons (Fsp3) is 1.00. The van der Waals surface area contributed by atoms with Crippen molar-refractivity contribution in [3.8, 4) is 0 Å². The van der Waals surface area contributed by atoms with Crippen molar-refractivity contribution in [3.05, 3.63) is 0 Å². The van der Waals surface area contributed by atoms with Gasteiger partial charge in [0, 0.05) is 2.74 Å². The molecule has 0 fully saturated rings. The summed E-state index contributed by atoms with van der Waals surface area (Å²) in [5, 5.41) is 25.4. The lowest BCUT2D eigenvalue weighted by Crippen LogP contribution is -3.00. The van der Waals surface area contributed by atoms with Gasteiger partial charge in [-0.25, -0.2) is 0 Å². The number of quaternary nitrogens is 4. The first kappa shape index (κ1) is 34.4. The van der Waals surface area contributed by atoms with E-state index in [-0.39, 0.29) is 65.9 Å². The monoisotopic (exact) mass is 575 g/mol. The Labute approximate surface area is 235 Å². The van der Waals surface area contributed by atoms with Crippen molar-refractivity contribution in [2.45, 2.75) is 13.3 Å². The normalized spacial score (nSPS) is 14.8. The van der Waals surface area contributed by atoms with E-state index in [1.165, 1.54) is 28.2 Å².